The average Bonchev–Trinajstić information content (AvgIpc) is 3.54. The Morgan fingerprint density at radius 2 is 1.91 bits per heavy atom. The van der Waals surface area contributed by atoms with Gasteiger partial charge in [-0.05, 0) is 73.6 Å². The summed E-state index contributed by atoms with van der Waals surface area (Å²) in [5.74, 6) is 1.45. The highest BCUT2D eigenvalue weighted by Crippen LogP contribution is 2.38. The molecule has 0 bridgehead atoms. The fourth-order valence-corrected chi connectivity index (χ4v) is 5.18. The van der Waals surface area contributed by atoms with Crippen molar-refractivity contribution in [3.05, 3.63) is 81.4 Å². The molecular formula is C25H25ClF3N5O. The summed E-state index contributed by atoms with van der Waals surface area (Å²) in [5.41, 5.74) is 1.74. The molecule has 1 aliphatic carbocycles. The van der Waals surface area contributed by atoms with E-state index >= 15 is 0 Å². The van der Waals surface area contributed by atoms with Gasteiger partial charge in [-0.2, -0.15) is 13.2 Å². The number of rotatable bonds is 4. The first kappa shape index (κ1) is 23.7. The van der Waals surface area contributed by atoms with Gasteiger partial charge in [0.25, 0.3) is 0 Å². The summed E-state index contributed by atoms with van der Waals surface area (Å²) >= 11 is 6.01. The van der Waals surface area contributed by atoms with Crippen LogP contribution in [-0.4, -0.2) is 32.2 Å². The number of carbonyl (C=O) groups is 1. The maximum atomic E-state index is 13.3. The highest BCUT2D eigenvalue weighted by atomic mass is 35.5. The average molecular weight is 504 g/mol. The highest BCUT2D eigenvalue weighted by Gasteiger charge is 2.37. The number of aryl methyl sites for hydroxylation is 2. The Morgan fingerprint density at radius 1 is 1.14 bits per heavy atom. The van der Waals surface area contributed by atoms with Crippen molar-refractivity contribution in [1.29, 1.82) is 0 Å². The summed E-state index contributed by atoms with van der Waals surface area (Å²) in [4.78, 5) is 15.0. The smallest absolute Gasteiger partial charge is 0.331 e. The van der Waals surface area contributed by atoms with Gasteiger partial charge in [0, 0.05) is 11.6 Å². The maximum Gasteiger partial charge on any atom is 0.416 e. The number of halogens is 4. The van der Waals surface area contributed by atoms with Crippen LogP contribution in [0, 0.1) is 6.92 Å². The predicted octanol–water partition coefficient (Wildman–Crippen LogP) is 5.84. The molecule has 6 nitrogen and oxygen atoms in total. The molecule has 2 aromatic carbocycles. The van der Waals surface area contributed by atoms with Gasteiger partial charge >= 0.3 is 12.2 Å². The largest absolute Gasteiger partial charge is 0.416 e. The first-order valence-corrected chi connectivity index (χ1v) is 12.0. The fraction of sp³-hybridized carbons (Fsp3) is 0.400. The van der Waals surface area contributed by atoms with E-state index in [-0.39, 0.29) is 12.1 Å². The van der Waals surface area contributed by atoms with Gasteiger partial charge in [0.15, 0.2) is 5.82 Å². The Morgan fingerprint density at radius 3 is 2.66 bits per heavy atom. The van der Waals surface area contributed by atoms with Crippen LogP contribution in [0.5, 0.6) is 0 Å². The zero-order valence-corrected chi connectivity index (χ0v) is 19.9. The summed E-state index contributed by atoms with van der Waals surface area (Å²) in [6.45, 7) is 2.97. The molecular weight excluding hydrogens is 479 g/mol. The Labute approximate surface area is 206 Å². The molecule has 10 heteroatoms. The fourth-order valence-electron chi connectivity index (χ4n) is 5.05. The van der Waals surface area contributed by atoms with Crippen LogP contribution in [0.1, 0.15) is 65.2 Å². The molecule has 0 unspecified atom stereocenters. The minimum atomic E-state index is -4.42. The quantitative estimate of drug-likeness (QED) is 0.486. The number of hydrogen-bond acceptors (Lipinski definition) is 3. The molecule has 0 spiro atoms. The van der Waals surface area contributed by atoms with Crippen LogP contribution >= 0.6 is 11.6 Å². The number of urea groups is 1. The third-order valence-corrected chi connectivity index (χ3v) is 7.13. The number of amides is 2. The Bertz CT molecular complexity index is 1240. The van der Waals surface area contributed by atoms with Crippen LogP contribution in [0.4, 0.5) is 18.0 Å². The lowest BCUT2D eigenvalue weighted by atomic mass is 10.0. The van der Waals surface area contributed by atoms with Crippen molar-refractivity contribution in [2.45, 2.75) is 57.4 Å². The second kappa shape index (κ2) is 9.18. The summed E-state index contributed by atoms with van der Waals surface area (Å²) in [5, 5.41) is 12.3. The van der Waals surface area contributed by atoms with Gasteiger partial charge in [-0.25, -0.2) is 4.79 Å². The number of nitrogens with one attached hydrogen (secondary N) is 1. The lowest BCUT2D eigenvalue weighted by Crippen LogP contribution is -2.41. The predicted molar refractivity (Wildman–Crippen MR) is 125 cm³/mol. The molecule has 0 radical (unpaired) electrons. The number of likely N-dealkylation sites (tertiary alicyclic amines) is 1. The molecule has 184 valence electrons. The monoisotopic (exact) mass is 503 g/mol. The van der Waals surface area contributed by atoms with E-state index in [1.54, 1.807) is 4.90 Å². The number of aromatic nitrogens is 3. The van der Waals surface area contributed by atoms with Crippen molar-refractivity contribution in [1.82, 2.24) is 25.0 Å². The molecule has 2 aliphatic rings. The Balaban J connectivity index is 1.35. The van der Waals surface area contributed by atoms with Crippen LogP contribution in [-0.2, 0) is 19.1 Å². The lowest BCUT2D eigenvalue weighted by molar-refractivity contribution is -0.137. The van der Waals surface area contributed by atoms with E-state index in [4.69, 9.17) is 11.6 Å². The molecule has 35 heavy (non-hydrogen) atoms. The van der Waals surface area contributed by atoms with E-state index < -0.39 is 17.8 Å². The van der Waals surface area contributed by atoms with E-state index in [1.807, 2.05) is 35.8 Å². The van der Waals surface area contributed by atoms with E-state index in [2.05, 4.69) is 15.5 Å². The topological polar surface area (TPSA) is 63.1 Å². The number of alkyl halides is 3. The Hall–Kier alpha value is -3.07. The molecule has 1 aliphatic heterocycles. The molecule has 2 amide bonds. The molecule has 1 fully saturated rings. The van der Waals surface area contributed by atoms with Gasteiger partial charge in [-0.3, -0.25) is 0 Å². The van der Waals surface area contributed by atoms with Crippen molar-refractivity contribution >= 4 is 17.6 Å². The maximum absolute atomic E-state index is 13.3. The summed E-state index contributed by atoms with van der Waals surface area (Å²) in [6, 6.07) is 10.3. The zero-order valence-electron chi connectivity index (χ0n) is 19.1. The van der Waals surface area contributed by atoms with Gasteiger partial charge in [0.2, 0.25) is 0 Å². The van der Waals surface area contributed by atoms with Crippen molar-refractivity contribution in [3.63, 3.8) is 0 Å². The second-order valence-corrected chi connectivity index (χ2v) is 9.56. The standard InChI is InChI=1S/C25H25ClF3N5O/c1-15-31-32-23(34(15)14-16-4-9-19(26)10-5-16)22-3-2-12-33(22)24(35)30-21-11-7-17-6-8-18(13-20(17)21)25(27,28)29/h4-6,8-10,13,21-22H,2-3,7,11-12,14H2,1H3,(H,30,35)/t21-,22+/m0/s1. The zero-order chi connectivity index (χ0) is 24.7. The van der Waals surface area contributed by atoms with Crippen LogP contribution in [0.3, 0.4) is 0 Å². The van der Waals surface area contributed by atoms with Gasteiger partial charge in [0.05, 0.1) is 24.2 Å². The molecule has 1 N–H and O–H groups in total. The number of carbonyl (C=O) groups excluding carboxylic acids is 1. The van der Waals surface area contributed by atoms with Gasteiger partial charge in [0.1, 0.15) is 5.82 Å². The Kier molecular flexibility index (Phi) is 6.21. The number of fused-ring (bicyclic) bond motifs is 1. The van der Waals surface area contributed by atoms with Crippen molar-refractivity contribution < 1.29 is 18.0 Å². The molecule has 2 heterocycles. The summed E-state index contributed by atoms with van der Waals surface area (Å²) in [7, 11) is 0. The first-order chi connectivity index (χ1) is 16.7. The van der Waals surface area contributed by atoms with Crippen LogP contribution < -0.4 is 5.32 Å². The molecule has 1 aromatic heterocycles. The third-order valence-electron chi connectivity index (χ3n) is 6.88. The normalized spacial score (nSPS) is 19.7. The van der Waals surface area contributed by atoms with Gasteiger partial charge in [-0.15, -0.1) is 10.2 Å². The van der Waals surface area contributed by atoms with Crippen molar-refractivity contribution in [2.75, 3.05) is 6.54 Å². The van der Waals surface area contributed by atoms with Crippen LogP contribution in [0.25, 0.3) is 0 Å². The number of nitrogens with zero attached hydrogens (tertiary/aromatic N) is 4. The van der Waals surface area contributed by atoms with Crippen molar-refractivity contribution in [2.24, 2.45) is 0 Å². The van der Waals surface area contributed by atoms with Crippen LogP contribution in [0.2, 0.25) is 5.02 Å². The minimum Gasteiger partial charge on any atom is -0.331 e. The number of benzene rings is 2. The van der Waals surface area contributed by atoms with Crippen molar-refractivity contribution in [3.8, 4) is 0 Å². The number of hydrogen-bond donors (Lipinski definition) is 1. The molecule has 3 aromatic rings. The SMILES string of the molecule is Cc1nnc([C@H]2CCCN2C(=O)N[C@H]2CCc3ccc(C(F)(F)F)cc32)n1Cc1ccc(Cl)cc1. The molecule has 5 rings (SSSR count). The third kappa shape index (κ3) is 4.74. The summed E-state index contributed by atoms with van der Waals surface area (Å²) in [6.07, 6.45) is -1.66. The van der Waals surface area contributed by atoms with Gasteiger partial charge < -0.3 is 14.8 Å². The molecule has 2 atom stereocenters. The van der Waals surface area contributed by atoms with E-state index in [9.17, 15) is 18.0 Å². The second-order valence-electron chi connectivity index (χ2n) is 9.12. The van der Waals surface area contributed by atoms with Crippen LogP contribution in [0.15, 0.2) is 42.5 Å². The lowest BCUT2D eigenvalue weighted by Gasteiger charge is -2.27. The van der Waals surface area contributed by atoms with Gasteiger partial charge in [-0.1, -0.05) is 29.8 Å². The highest BCUT2D eigenvalue weighted by molar-refractivity contribution is 6.30. The molecule has 1 saturated heterocycles. The minimum absolute atomic E-state index is 0.258. The van der Waals surface area contributed by atoms with E-state index in [0.29, 0.717) is 42.3 Å². The molecule has 0 saturated carbocycles. The first-order valence-electron chi connectivity index (χ1n) is 11.6. The van der Waals surface area contributed by atoms with E-state index in [0.717, 1.165) is 35.9 Å². The van der Waals surface area contributed by atoms with E-state index in [1.165, 1.54) is 12.1 Å². The summed E-state index contributed by atoms with van der Waals surface area (Å²) < 4.78 is 41.7.